The Labute approximate surface area is 147 Å². The van der Waals surface area contributed by atoms with Crippen LogP contribution < -0.4 is 0 Å². The number of para-hydroxylation sites is 1. The van der Waals surface area contributed by atoms with Gasteiger partial charge in [0.05, 0.1) is 0 Å². The lowest BCUT2D eigenvalue weighted by Crippen LogP contribution is -2.47. The zero-order valence-corrected chi connectivity index (χ0v) is 15.0. The number of benzene rings is 1. The molecule has 1 aromatic heterocycles. The van der Waals surface area contributed by atoms with Gasteiger partial charge in [-0.25, -0.2) is 8.78 Å². The SMILES string of the molecule is CC(F)(F)C1CC2CN(CCc3c([nH]c4ccccc34)[C@]3(C)CC23)C1. The zero-order chi connectivity index (χ0) is 17.4. The highest BCUT2D eigenvalue weighted by molar-refractivity contribution is 5.85. The van der Waals surface area contributed by atoms with E-state index >= 15 is 0 Å². The maximum atomic E-state index is 14.1. The van der Waals surface area contributed by atoms with Gasteiger partial charge in [0, 0.05) is 47.6 Å². The first-order valence-electron chi connectivity index (χ1n) is 9.56. The molecule has 4 heteroatoms. The summed E-state index contributed by atoms with van der Waals surface area (Å²) >= 11 is 0. The Kier molecular flexibility index (Phi) is 3.20. The molecule has 1 saturated carbocycles. The molecule has 5 rings (SSSR count). The minimum absolute atomic E-state index is 0.139. The molecule has 134 valence electrons. The molecule has 4 unspecified atom stereocenters. The highest BCUT2D eigenvalue weighted by atomic mass is 19.3. The predicted octanol–water partition coefficient (Wildman–Crippen LogP) is 4.59. The monoisotopic (exact) mass is 344 g/mol. The van der Waals surface area contributed by atoms with Crippen LogP contribution >= 0.6 is 0 Å². The molecule has 2 nitrogen and oxygen atoms in total. The molecule has 2 bridgehead atoms. The highest BCUT2D eigenvalue weighted by Gasteiger charge is 2.58. The molecule has 0 amide bonds. The number of rotatable bonds is 1. The molecular formula is C21H26F2N2. The molecule has 5 atom stereocenters. The average molecular weight is 344 g/mol. The highest BCUT2D eigenvalue weighted by Crippen LogP contribution is 2.61. The van der Waals surface area contributed by atoms with Crippen LogP contribution in [0.3, 0.4) is 0 Å². The van der Waals surface area contributed by atoms with Gasteiger partial charge in [-0.2, -0.15) is 0 Å². The van der Waals surface area contributed by atoms with Gasteiger partial charge in [0.2, 0.25) is 5.92 Å². The molecular weight excluding hydrogens is 318 g/mol. The van der Waals surface area contributed by atoms with E-state index in [1.165, 1.54) is 22.2 Å². The molecule has 1 aliphatic carbocycles. The Hall–Kier alpha value is -1.42. The van der Waals surface area contributed by atoms with Crippen molar-refractivity contribution in [2.24, 2.45) is 17.8 Å². The number of halogens is 2. The van der Waals surface area contributed by atoms with Gasteiger partial charge >= 0.3 is 0 Å². The smallest absolute Gasteiger partial charge is 0.249 e. The normalized spacial score (nSPS) is 37.6. The summed E-state index contributed by atoms with van der Waals surface area (Å²) in [6, 6.07) is 8.54. The lowest BCUT2D eigenvalue weighted by Gasteiger charge is -2.40. The second kappa shape index (κ2) is 5.06. The molecule has 3 heterocycles. The summed E-state index contributed by atoms with van der Waals surface area (Å²) in [5.74, 6) is -2.14. The predicted molar refractivity (Wildman–Crippen MR) is 96.1 cm³/mol. The lowest BCUT2D eigenvalue weighted by molar-refractivity contribution is -0.0792. The number of H-pyrrole nitrogens is 1. The van der Waals surface area contributed by atoms with Gasteiger partial charge in [0.25, 0.3) is 0 Å². The van der Waals surface area contributed by atoms with Crippen LogP contribution in [0.1, 0.15) is 37.9 Å². The van der Waals surface area contributed by atoms with E-state index in [1.54, 1.807) is 0 Å². The number of fused-ring (bicyclic) bond motifs is 8. The molecule has 2 aromatic rings. The van der Waals surface area contributed by atoms with Crippen LogP contribution in [0.15, 0.2) is 24.3 Å². The molecule has 0 spiro atoms. The number of aromatic nitrogens is 1. The van der Waals surface area contributed by atoms with Gasteiger partial charge in [-0.3, -0.25) is 0 Å². The minimum atomic E-state index is -2.57. The summed E-state index contributed by atoms with van der Waals surface area (Å²) in [5, 5.41) is 1.32. The van der Waals surface area contributed by atoms with Crippen molar-refractivity contribution < 1.29 is 8.78 Å². The number of hydrogen-bond acceptors (Lipinski definition) is 1. The van der Waals surface area contributed by atoms with E-state index in [4.69, 9.17) is 0 Å². The van der Waals surface area contributed by atoms with Gasteiger partial charge in [0.15, 0.2) is 0 Å². The van der Waals surface area contributed by atoms with Gasteiger partial charge < -0.3 is 9.88 Å². The van der Waals surface area contributed by atoms with Gasteiger partial charge in [0.1, 0.15) is 0 Å². The van der Waals surface area contributed by atoms with Crippen LogP contribution in [-0.2, 0) is 11.8 Å². The largest absolute Gasteiger partial charge is 0.358 e. The van der Waals surface area contributed by atoms with Crippen molar-refractivity contribution in [2.45, 2.75) is 44.4 Å². The summed E-state index contributed by atoms with van der Waals surface area (Å²) in [4.78, 5) is 6.01. The van der Waals surface area contributed by atoms with Gasteiger partial charge in [-0.15, -0.1) is 0 Å². The number of nitrogens with zero attached hydrogens (tertiary/aromatic N) is 1. The molecule has 0 radical (unpaired) electrons. The minimum Gasteiger partial charge on any atom is -0.358 e. The zero-order valence-electron chi connectivity index (χ0n) is 15.0. The van der Waals surface area contributed by atoms with E-state index in [9.17, 15) is 8.78 Å². The fraction of sp³-hybridized carbons (Fsp3) is 0.619. The van der Waals surface area contributed by atoms with E-state index in [2.05, 4.69) is 41.1 Å². The van der Waals surface area contributed by atoms with Crippen LogP contribution in [0.4, 0.5) is 8.78 Å². The summed E-state index contributed by atoms with van der Waals surface area (Å²) in [6.45, 7) is 5.88. The van der Waals surface area contributed by atoms with Gasteiger partial charge in [-0.05, 0) is 49.7 Å². The maximum Gasteiger partial charge on any atom is 0.249 e. The Morgan fingerprint density at radius 1 is 1.24 bits per heavy atom. The third-order valence-electron chi connectivity index (χ3n) is 7.21. The van der Waals surface area contributed by atoms with Crippen molar-refractivity contribution in [1.29, 1.82) is 0 Å². The Morgan fingerprint density at radius 3 is 2.84 bits per heavy atom. The van der Waals surface area contributed by atoms with Gasteiger partial charge in [-0.1, -0.05) is 25.1 Å². The van der Waals surface area contributed by atoms with Crippen molar-refractivity contribution in [3.8, 4) is 0 Å². The van der Waals surface area contributed by atoms with E-state index in [0.717, 1.165) is 32.9 Å². The lowest BCUT2D eigenvalue weighted by atomic mass is 9.81. The summed E-state index contributed by atoms with van der Waals surface area (Å²) in [5.41, 5.74) is 4.17. The Morgan fingerprint density at radius 2 is 2.04 bits per heavy atom. The quantitative estimate of drug-likeness (QED) is 0.801. The van der Waals surface area contributed by atoms with Crippen LogP contribution in [0.5, 0.6) is 0 Å². The maximum absolute atomic E-state index is 14.1. The first-order valence-corrected chi connectivity index (χ1v) is 9.56. The van der Waals surface area contributed by atoms with E-state index in [1.807, 2.05) is 0 Å². The first-order chi connectivity index (χ1) is 11.9. The molecule has 3 aliphatic rings. The standard InChI is InChI=1S/C21H26F2N2/c1-20-10-17(20)13-9-14(21(2,22)23)12-25(11-13)8-7-16-15-5-3-4-6-18(15)24-19(16)20/h3-6,13-14,17,24H,7-12H2,1-2H3/t13?,14?,17?,20-/m1/s1. The fourth-order valence-electron chi connectivity index (χ4n) is 5.66. The molecule has 1 aromatic carbocycles. The van der Waals surface area contributed by atoms with Crippen molar-refractivity contribution >= 4 is 10.9 Å². The van der Waals surface area contributed by atoms with Crippen molar-refractivity contribution in [2.75, 3.05) is 19.6 Å². The van der Waals surface area contributed by atoms with Crippen LogP contribution in [0.25, 0.3) is 10.9 Å². The molecule has 1 N–H and O–H groups in total. The third-order valence-corrected chi connectivity index (χ3v) is 7.21. The second-order valence-electron chi connectivity index (χ2n) is 8.91. The number of nitrogens with one attached hydrogen (secondary N) is 1. The third kappa shape index (κ3) is 2.37. The molecule has 2 fully saturated rings. The Balaban J connectivity index is 1.57. The van der Waals surface area contributed by atoms with E-state index in [0.29, 0.717) is 24.8 Å². The van der Waals surface area contributed by atoms with E-state index < -0.39 is 11.8 Å². The number of aromatic amines is 1. The number of hydrogen-bond donors (Lipinski definition) is 1. The van der Waals surface area contributed by atoms with Crippen molar-refractivity contribution in [3.05, 3.63) is 35.5 Å². The van der Waals surface area contributed by atoms with Crippen molar-refractivity contribution in [3.63, 3.8) is 0 Å². The van der Waals surface area contributed by atoms with E-state index in [-0.39, 0.29) is 5.41 Å². The fourth-order valence-corrected chi connectivity index (χ4v) is 5.66. The van der Waals surface area contributed by atoms with Crippen molar-refractivity contribution in [1.82, 2.24) is 9.88 Å². The molecule has 1 saturated heterocycles. The Bertz CT molecular complexity index is 821. The van der Waals surface area contributed by atoms with Crippen LogP contribution in [0.2, 0.25) is 0 Å². The molecule has 2 aliphatic heterocycles. The van der Waals surface area contributed by atoms with Crippen LogP contribution in [0, 0.1) is 17.8 Å². The van der Waals surface area contributed by atoms with Crippen LogP contribution in [-0.4, -0.2) is 35.4 Å². The molecule has 25 heavy (non-hydrogen) atoms. The number of piperidine rings is 1. The summed E-state index contributed by atoms with van der Waals surface area (Å²) < 4.78 is 28.1. The summed E-state index contributed by atoms with van der Waals surface area (Å²) in [7, 11) is 0. The first kappa shape index (κ1) is 15.8. The average Bonchev–Trinajstić information content (AvgIpc) is 3.11. The number of alkyl halides is 2. The summed E-state index contributed by atoms with van der Waals surface area (Å²) in [6.07, 6.45) is 2.76. The topological polar surface area (TPSA) is 19.0 Å². The second-order valence-corrected chi connectivity index (χ2v) is 8.91.